The van der Waals surface area contributed by atoms with Crippen molar-refractivity contribution < 1.29 is 23.1 Å². The maximum Gasteiger partial charge on any atom is 0.322 e. The fraction of sp³-hybridized carbons (Fsp3) is 0.188. The van der Waals surface area contributed by atoms with E-state index in [4.69, 9.17) is 0 Å². The van der Waals surface area contributed by atoms with Gasteiger partial charge in [0.15, 0.2) is 0 Å². The van der Waals surface area contributed by atoms with Crippen molar-refractivity contribution in [2.75, 3.05) is 5.32 Å². The van der Waals surface area contributed by atoms with Gasteiger partial charge in [0.2, 0.25) is 10.0 Å². The van der Waals surface area contributed by atoms with Crippen LogP contribution in [-0.2, 0) is 27.8 Å². The number of anilines is 1. The number of carbonyl (C=O) groups excluding carboxylic acids is 1. The van der Waals surface area contributed by atoms with E-state index in [-0.39, 0.29) is 11.3 Å². The third-order valence-corrected chi connectivity index (χ3v) is 8.40. The van der Waals surface area contributed by atoms with E-state index in [0.717, 1.165) is 22.3 Å². The van der Waals surface area contributed by atoms with Crippen molar-refractivity contribution >= 4 is 27.7 Å². The minimum Gasteiger partial charge on any atom is -0.480 e. The van der Waals surface area contributed by atoms with E-state index < -0.39 is 28.1 Å². The third kappa shape index (κ3) is 7.59. The molecule has 0 saturated carbocycles. The van der Waals surface area contributed by atoms with Gasteiger partial charge in [0.1, 0.15) is 6.04 Å². The van der Waals surface area contributed by atoms with Crippen LogP contribution in [0.2, 0.25) is 0 Å². The Kier molecular flexibility index (Phi) is 9.21. The second kappa shape index (κ2) is 12.8. The summed E-state index contributed by atoms with van der Waals surface area (Å²) in [4.78, 5) is 25.1. The zero-order valence-electron chi connectivity index (χ0n) is 23.1. The predicted octanol–water partition coefficient (Wildman–Crippen LogP) is 5.57. The molecular weight excluding hydrogens is 538 g/mol. The average Bonchev–Trinajstić information content (AvgIpc) is 2.92. The van der Waals surface area contributed by atoms with E-state index in [1.165, 1.54) is 0 Å². The van der Waals surface area contributed by atoms with Gasteiger partial charge >= 0.3 is 12.0 Å². The Morgan fingerprint density at radius 3 is 2.02 bits per heavy atom. The second-order valence-electron chi connectivity index (χ2n) is 9.98. The van der Waals surface area contributed by atoms with Crippen molar-refractivity contribution in [3.8, 4) is 11.1 Å². The van der Waals surface area contributed by atoms with E-state index in [9.17, 15) is 23.1 Å². The van der Waals surface area contributed by atoms with Crippen LogP contribution in [-0.4, -0.2) is 31.6 Å². The Morgan fingerprint density at radius 1 is 0.805 bits per heavy atom. The summed E-state index contributed by atoms with van der Waals surface area (Å²) >= 11 is 0. The van der Waals surface area contributed by atoms with Gasteiger partial charge in [-0.2, -0.15) is 4.72 Å². The molecule has 0 aliphatic rings. The molecule has 41 heavy (non-hydrogen) atoms. The number of rotatable bonds is 10. The van der Waals surface area contributed by atoms with Crippen LogP contribution in [0, 0.1) is 20.8 Å². The second-order valence-corrected chi connectivity index (χ2v) is 11.6. The van der Waals surface area contributed by atoms with Crippen LogP contribution < -0.4 is 15.4 Å². The van der Waals surface area contributed by atoms with Gasteiger partial charge in [0.25, 0.3) is 0 Å². The number of hydrogen-bond donors (Lipinski definition) is 4. The highest BCUT2D eigenvalue weighted by Crippen LogP contribution is 2.30. The number of carboxylic acids is 1. The Morgan fingerprint density at radius 2 is 1.41 bits per heavy atom. The van der Waals surface area contributed by atoms with Crippen LogP contribution in [0.5, 0.6) is 0 Å². The highest BCUT2D eigenvalue weighted by molar-refractivity contribution is 7.89. The van der Waals surface area contributed by atoms with Gasteiger partial charge in [-0.3, -0.25) is 4.79 Å². The summed E-state index contributed by atoms with van der Waals surface area (Å²) in [6.07, 6.45) is -0.131. The molecule has 0 aromatic heterocycles. The quantitative estimate of drug-likeness (QED) is 0.198. The molecule has 4 rings (SSSR count). The first kappa shape index (κ1) is 29.5. The van der Waals surface area contributed by atoms with Gasteiger partial charge in [-0.25, -0.2) is 13.2 Å². The lowest BCUT2D eigenvalue weighted by molar-refractivity contribution is -0.138. The number of carboxylic acid groups (broad SMARTS) is 1. The Bertz CT molecular complexity index is 1630. The molecule has 0 aliphatic carbocycles. The van der Waals surface area contributed by atoms with E-state index >= 15 is 0 Å². The Balaban J connectivity index is 1.60. The van der Waals surface area contributed by atoms with Crippen LogP contribution in [0.3, 0.4) is 0 Å². The molecule has 1 unspecified atom stereocenters. The minimum atomic E-state index is -4.13. The van der Waals surface area contributed by atoms with Crippen LogP contribution in [0.4, 0.5) is 10.5 Å². The molecular formula is C32H33N3O5S. The highest BCUT2D eigenvalue weighted by atomic mass is 32.2. The monoisotopic (exact) mass is 571 g/mol. The smallest absolute Gasteiger partial charge is 0.322 e. The molecule has 0 fully saturated rings. The van der Waals surface area contributed by atoms with Crippen LogP contribution in [0.1, 0.15) is 27.8 Å². The predicted molar refractivity (Wildman–Crippen MR) is 160 cm³/mol. The molecule has 4 aromatic carbocycles. The summed E-state index contributed by atoms with van der Waals surface area (Å²) in [5.41, 5.74) is 5.54. The van der Waals surface area contributed by atoms with E-state index in [2.05, 4.69) is 15.4 Å². The molecule has 0 aliphatic heterocycles. The number of carbonyl (C=O) groups is 2. The van der Waals surface area contributed by atoms with Gasteiger partial charge in [-0.15, -0.1) is 0 Å². The molecule has 212 valence electrons. The summed E-state index contributed by atoms with van der Waals surface area (Å²) in [6, 6.07) is 25.8. The molecule has 1 atom stereocenters. The molecule has 8 nitrogen and oxygen atoms in total. The van der Waals surface area contributed by atoms with Crippen LogP contribution in [0.25, 0.3) is 11.1 Å². The number of benzene rings is 4. The van der Waals surface area contributed by atoms with Crippen LogP contribution in [0.15, 0.2) is 95.9 Å². The summed E-state index contributed by atoms with van der Waals surface area (Å²) in [6.45, 7) is 5.57. The fourth-order valence-corrected chi connectivity index (χ4v) is 6.53. The van der Waals surface area contributed by atoms with E-state index in [0.29, 0.717) is 28.9 Å². The number of amides is 2. The molecule has 4 aromatic rings. The van der Waals surface area contributed by atoms with Gasteiger partial charge in [-0.1, -0.05) is 90.5 Å². The number of urea groups is 1. The van der Waals surface area contributed by atoms with Crippen molar-refractivity contribution in [2.45, 2.75) is 44.7 Å². The average molecular weight is 572 g/mol. The number of sulfonamides is 1. The largest absolute Gasteiger partial charge is 0.480 e. The SMILES string of the molecule is Cc1cc(C)c(S(=O)(=O)NC(Cc2ccc(-c3ccccc3)c(NC(=O)NCc3ccccc3)c2)C(=O)O)c(C)c1. The van der Waals surface area contributed by atoms with Crippen LogP contribution >= 0.6 is 0 Å². The summed E-state index contributed by atoms with van der Waals surface area (Å²) in [5, 5.41) is 15.7. The maximum absolute atomic E-state index is 13.3. The number of aryl methyl sites for hydroxylation is 3. The molecule has 2 amide bonds. The first-order valence-corrected chi connectivity index (χ1v) is 14.6. The van der Waals surface area contributed by atoms with Crippen molar-refractivity contribution in [3.05, 3.63) is 119 Å². The Hall–Kier alpha value is -4.47. The first-order chi connectivity index (χ1) is 19.5. The van der Waals surface area contributed by atoms with Crippen molar-refractivity contribution in [1.82, 2.24) is 10.0 Å². The molecule has 0 saturated heterocycles. The summed E-state index contributed by atoms with van der Waals surface area (Å²) in [7, 11) is -4.13. The summed E-state index contributed by atoms with van der Waals surface area (Å²) < 4.78 is 29.0. The Labute approximate surface area is 240 Å². The van der Waals surface area contributed by atoms with Crippen molar-refractivity contribution in [1.29, 1.82) is 0 Å². The molecule has 4 N–H and O–H groups in total. The maximum atomic E-state index is 13.3. The lowest BCUT2D eigenvalue weighted by Crippen LogP contribution is -2.42. The highest BCUT2D eigenvalue weighted by Gasteiger charge is 2.28. The standard InChI is InChI=1S/C32H33N3O5S/c1-21-16-22(2)30(23(3)17-21)41(39,40)35-29(31(36)37)19-25-14-15-27(26-12-8-5-9-13-26)28(18-25)34-32(38)33-20-24-10-6-4-7-11-24/h4-18,29,35H,19-20H2,1-3H3,(H,36,37)(H2,33,34,38). The topological polar surface area (TPSA) is 125 Å². The first-order valence-electron chi connectivity index (χ1n) is 13.1. The van der Waals surface area contributed by atoms with Crippen molar-refractivity contribution in [2.24, 2.45) is 0 Å². The normalized spacial score (nSPS) is 12.0. The van der Waals surface area contributed by atoms with Gasteiger partial charge in [0.05, 0.1) is 10.6 Å². The number of aliphatic carboxylic acids is 1. The van der Waals surface area contributed by atoms with Gasteiger partial charge in [-0.05, 0) is 61.1 Å². The zero-order valence-corrected chi connectivity index (χ0v) is 24.0. The van der Waals surface area contributed by atoms with E-state index in [1.54, 1.807) is 44.2 Å². The van der Waals surface area contributed by atoms with E-state index in [1.807, 2.05) is 67.6 Å². The third-order valence-electron chi connectivity index (χ3n) is 6.62. The molecule has 0 spiro atoms. The lowest BCUT2D eigenvalue weighted by Gasteiger charge is -2.19. The molecule has 0 radical (unpaired) electrons. The van der Waals surface area contributed by atoms with Gasteiger partial charge < -0.3 is 15.7 Å². The summed E-state index contributed by atoms with van der Waals surface area (Å²) in [5.74, 6) is -1.31. The molecule has 0 bridgehead atoms. The number of nitrogens with one attached hydrogen (secondary N) is 3. The zero-order chi connectivity index (χ0) is 29.6. The number of hydrogen-bond acceptors (Lipinski definition) is 4. The lowest BCUT2D eigenvalue weighted by atomic mass is 9.98. The fourth-order valence-electron chi connectivity index (χ4n) is 4.89. The van der Waals surface area contributed by atoms with Gasteiger partial charge in [0, 0.05) is 12.1 Å². The molecule has 9 heteroatoms. The van der Waals surface area contributed by atoms with Crippen molar-refractivity contribution in [3.63, 3.8) is 0 Å². The minimum absolute atomic E-state index is 0.0752. The molecule has 0 heterocycles.